The van der Waals surface area contributed by atoms with Crippen LogP contribution in [0, 0.1) is 0 Å². The molecule has 132 valence electrons. The van der Waals surface area contributed by atoms with Crippen LogP contribution in [0.1, 0.15) is 29.2 Å². The van der Waals surface area contributed by atoms with E-state index >= 15 is 0 Å². The number of benzene rings is 2. The molecular formula is C20H23NO4. The Morgan fingerprint density at radius 2 is 1.92 bits per heavy atom. The number of hydrogen-bond donors (Lipinski definition) is 1. The minimum absolute atomic E-state index is 0.462. The van der Waals surface area contributed by atoms with Gasteiger partial charge >= 0.3 is 0 Å². The molecule has 1 atom stereocenters. The van der Waals surface area contributed by atoms with Crippen molar-refractivity contribution in [3.05, 3.63) is 53.1 Å². The summed E-state index contributed by atoms with van der Waals surface area (Å²) < 4.78 is 17.1. The predicted octanol–water partition coefficient (Wildman–Crippen LogP) is 2.91. The first-order chi connectivity index (χ1) is 12.2. The lowest BCUT2D eigenvalue weighted by atomic mass is 9.97. The van der Waals surface area contributed by atoms with Crippen LogP contribution in [0.5, 0.6) is 17.2 Å². The van der Waals surface area contributed by atoms with E-state index in [1.165, 1.54) is 5.56 Å². The minimum Gasteiger partial charge on any atom is -0.496 e. The van der Waals surface area contributed by atoms with Gasteiger partial charge < -0.3 is 19.3 Å². The van der Waals surface area contributed by atoms with Gasteiger partial charge in [0.15, 0.2) is 11.5 Å². The van der Waals surface area contributed by atoms with Gasteiger partial charge in [0.2, 0.25) is 0 Å². The Balaban J connectivity index is 1.59. The lowest BCUT2D eigenvalue weighted by Gasteiger charge is -2.32. The molecule has 0 saturated carbocycles. The fraction of sp³-hybridized carbons (Fsp3) is 0.400. The summed E-state index contributed by atoms with van der Waals surface area (Å²) in [6, 6.07) is 12.0. The molecule has 0 fully saturated rings. The SMILES string of the molecule is COc1cc2c(cc1CN1Cc3ccccc3C(O)C1)OCCCO2. The molecule has 0 radical (unpaired) electrons. The van der Waals surface area contributed by atoms with Crippen LogP contribution in [0.25, 0.3) is 0 Å². The standard InChI is InChI=1S/C20H23NO4/c1-23-18-10-20-19(24-7-4-8-25-20)9-15(18)12-21-11-14-5-2-3-6-16(14)17(22)13-21/h2-3,5-6,9-10,17,22H,4,7-8,11-13H2,1H3. The van der Waals surface area contributed by atoms with E-state index in [2.05, 4.69) is 11.0 Å². The van der Waals surface area contributed by atoms with Crippen LogP contribution in [0.3, 0.4) is 0 Å². The molecule has 0 saturated heterocycles. The van der Waals surface area contributed by atoms with Gasteiger partial charge in [0.1, 0.15) is 5.75 Å². The Kier molecular flexibility index (Phi) is 4.51. The molecule has 2 aromatic rings. The predicted molar refractivity (Wildman–Crippen MR) is 94.1 cm³/mol. The van der Waals surface area contributed by atoms with Crippen molar-refractivity contribution in [1.29, 1.82) is 0 Å². The molecular weight excluding hydrogens is 318 g/mol. The summed E-state index contributed by atoms with van der Waals surface area (Å²) in [5.41, 5.74) is 3.25. The normalized spacial score (nSPS) is 19.8. The van der Waals surface area contributed by atoms with E-state index in [-0.39, 0.29) is 0 Å². The Morgan fingerprint density at radius 3 is 2.72 bits per heavy atom. The van der Waals surface area contributed by atoms with Gasteiger partial charge in [-0.3, -0.25) is 4.90 Å². The van der Waals surface area contributed by atoms with Gasteiger partial charge in [-0.25, -0.2) is 0 Å². The van der Waals surface area contributed by atoms with Gasteiger partial charge in [-0.2, -0.15) is 0 Å². The maximum Gasteiger partial charge on any atom is 0.164 e. The smallest absolute Gasteiger partial charge is 0.164 e. The number of methoxy groups -OCH3 is 1. The van der Waals surface area contributed by atoms with Crippen molar-refractivity contribution in [1.82, 2.24) is 4.90 Å². The van der Waals surface area contributed by atoms with Crippen LogP contribution in [0.15, 0.2) is 36.4 Å². The number of β-amino-alcohol motifs (C(OH)–C–C–N with tert-alkyl or cyclic N) is 1. The highest BCUT2D eigenvalue weighted by Gasteiger charge is 2.25. The van der Waals surface area contributed by atoms with Crippen molar-refractivity contribution in [2.24, 2.45) is 0 Å². The maximum absolute atomic E-state index is 10.4. The summed E-state index contributed by atoms with van der Waals surface area (Å²) in [5, 5.41) is 10.4. The first kappa shape index (κ1) is 16.2. The van der Waals surface area contributed by atoms with E-state index in [1.807, 2.05) is 30.3 Å². The summed E-state index contributed by atoms with van der Waals surface area (Å²) in [6.45, 7) is 3.42. The second kappa shape index (κ2) is 6.94. The average molecular weight is 341 g/mol. The molecule has 2 heterocycles. The number of ether oxygens (including phenoxy) is 3. The third-order valence-corrected chi connectivity index (χ3v) is 4.78. The molecule has 0 bridgehead atoms. The minimum atomic E-state index is -0.462. The van der Waals surface area contributed by atoms with Crippen molar-refractivity contribution in [2.75, 3.05) is 26.9 Å². The molecule has 0 amide bonds. The molecule has 4 rings (SSSR count). The Labute approximate surface area is 147 Å². The first-order valence-corrected chi connectivity index (χ1v) is 8.69. The highest BCUT2D eigenvalue weighted by atomic mass is 16.5. The first-order valence-electron chi connectivity index (χ1n) is 8.69. The molecule has 1 N–H and O–H groups in total. The quantitative estimate of drug-likeness (QED) is 0.930. The second-order valence-electron chi connectivity index (χ2n) is 6.55. The summed E-state index contributed by atoms with van der Waals surface area (Å²) in [4.78, 5) is 2.23. The molecule has 1 unspecified atom stereocenters. The van der Waals surface area contributed by atoms with Crippen LogP contribution < -0.4 is 14.2 Å². The maximum atomic E-state index is 10.4. The summed E-state index contributed by atoms with van der Waals surface area (Å²) in [6.07, 6.45) is 0.415. The van der Waals surface area contributed by atoms with Gasteiger partial charge in [-0.15, -0.1) is 0 Å². The molecule has 2 aromatic carbocycles. The monoisotopic (exact) mass is 341 g/mol. The molecule has 5 nitrogen and oxygen atoms in total. The van der Waals surface area contributed by atoms with Gasteiger partial charge in [0.25, 0.3) is 0 Å². The summed E-state index contributed by atoms with van der Waals surface area (Å²) >= 11 is 0. The largest absolute Gasteiger partial charge is 0.496 e. The van der Waals surface area contributed by atoms with Crippen LogP contribution in [-0.4, -0.2) is 36.9 Å². The van der Waals surface area contributed by atoms with Crippen LogP contribution in [0.4, 0.5) is 0 Å². The van der Waals surface area contributed by atoms with E-state index < -0.39 is 6.10 Å². The Bertz CT molecular complexity index is 761. The Morgan fingerprint density at radius 1 is 1.16 bits per heavy atom. The zero-order chi connectivity index (χ0) is 17.2. The Hall–Kier alpha value is -2.24. The summed E-state index contributed by atoms with van der Waals surface area (Å²) in [7, 11) is 1.67. The third-order valence-electron chi connectivity index (χ3n) is 4.78. The van der Waals surface area contributed by atoms with E-state index in [0.717, 1.165) is 41.3 Å². The number of aliphatic hydroxyl groups is 1. The van der Waals surface area contributed by atoms with E-state index in [4.69, 9.17) is 14.2 Å². The lowest BCUT2D eigenvalue weighted by molar-refractivity contribution is 0.0876. The fourth-order valence-corrected chi connectivity index (χ4v) is 3.56. The van der Waals surface area contributed by atoms with Gasteiger partial charge in [-0.05, 0) is 17.2 Å². The van der Waals surface area contributed by atoms with Crippen molar-refractivity contribution >= 4 is 0 Å². The van der Waals surface area contributed by atoms with Crippen molar-refractivity contribution in [2.45, 2.75) is 25.6 Å². The number of rotatable bonds is 3. The van der Waals surface area contributed by atoms with Crippen molar-refractivity contribution in [3.63, 3.8) is 0 Å². The van der Waals surface area contributed by atoms with E-state index in [0.29, 0.717) is 26.3 Å². The molecule has 2 aliphatic heterocycles. The third kappa shape index (κ3) is 3.30. The lowest BCUT2D eigenvalue weighted by Crippen LogP contribution is -2.33. The van der Waals surface area contributed by atoms with Gasteiger partial charge in [0, 0.05) is 37.7 Å². The zero-order valence-corrected chi connectivity index (χ0v) is 14.4. The molecule has 0 aromatic heterocycles. The molecule has 2 aliphatic rings. The fourth-order valence-electron chi connectivity index (χ4n) is 3.56. The van der Waals surface area contributed by atoms with Crippen molar-refractivity contribution < 1.29 is 19.3 Å². The molecule has 0 aliphatic carbocycles. The highest BCUT2D eigenvalue weighted by Crippen LogP contribution is 2.38. The summed E-state index contributed by atoms with van der Waals surface area (Å²) in [5.74, 6) is 2.30. The molecule has 0 spiro atoms. The van der Waals surface area contributed by atoms with E-state index in [1.54, 1.807) is 7.11 Å². The van der Waals surface area contributed by atoms with Gasteiger partial charge in [0.05, 0.1) is 26.4 Å². The van der Waals surface area contributed by atoms with Gasteiger partial charge in [-0.1, -0.05) is 24.3 Å². The molecule has 5 heteroatoms. The number of hydrogen-bond acceptors (Lipinski definition) is 5. The topological polar surface area (TPSA) is 51.2 Å². The zero-order valence-electron chi connectivity index (χ0n) is 14.4. The number of aliphatic hydroxyl groups excluding tert-OH is 1. The number of nitrogens with zero attached hydrogens (tertiary/aromatic N) is 1. The second-order valence-corrected chi connectivity index (χ2v) is 6.55. The number of fused-ring (bicyclic) bond motifs is 2. The van der Waals surface area contributed by atoms with E-state index in [9.17, 15) is 5.11 Å². The van der Waals surface area contributed by atoms with Crippen molar-refractivity contribution in [3.8, 4) is 17.2 Å². The van der Waals surface area contributed by atoms with Crippen LogP contribution in [-0.2, 0) is 13.1 Å². The highest BCUT2D eigenvalue weighted by molar-refractivity contribution is 5.51. The molecule has 25 heavy (non-hydrogen) atoms. The van der Waals surface area contributed by atoms with Crippen LogP contribution >= 0.6 is 0 Å². The van der Waals surface area contributed by atoms with Crippen LogP contribution in [0.2, 0.25) is 0 Å². The average Bonchev–Trinajstić information content (AvgIpc) is 2.86.